The minimum absolute atomic E-state index is 0.279. The van der Waals surface area contributed by atoms with Gasteiger partial charge in [0.2, 0.25) is 0 Å². The Kier molecular flexibility index (Phi) is 6.07. The lowest BCUT2D eigenvalue weighted by atomic mass is 9.92. The van der Waals surface area contributed by atoms with Gasteiger partial charge >= 0.3 is 6.09 Å². The number of ether oxygens (including phenoxy) is 1. The van der Waals surface area contributed by atoms with Crippen LogP contribution in [0.25, 0.3) is 16.6 Å². The van der Waals surface area contributed by atoms with E-state index in [1.54, 1.807) is 4.90 Å². The molecule has 0 spiro atoms. The highest BCUT2D eigenvalue weighted by atomic mass is 16.6. The SMILES string of the molecule is CC1CC=C(c2ccc3ccc(C4CCN(C)CC4)nc3c2)N(C(=O)OC(C)(C)C)C1. The van der Waals surface area contributed by atoms with E-state index in [2.05, 4.69) is 55.3 Å². The van der Waals surface area contributed by atoms with Crippen molar-refractivity contribution in [1.29, 1.82) is 0 Å². The minimum Gasteiger partial charge on any atom is -0.443 e. The van der Waals surface area contributed by atoms with Gasteiger partial charge in [0.1, 0.15) is 5.60 Å². The summed E-state index contributed by atoms with van der Waals surface area (Å²) in [7, 11) is 2.19. The van der Waals surface area contributed by atoms with Gasteiger partial charge in [-0.05, 0) is 78.2 Å². The number of carbonyl (C=O) groups excluding carboxylic acids is 1. The largest absolute Gasteiger partial charge is 0.443 e. The van der Waals surface area contributed by atoms with Crippen LogP contribution in [0.2, 0.25) is 0 Å². The Labute approximate surface area is 186 Å². The fraction of sp³-hybridized carbons (Fsp3) is 0.538. The predicted octanol–water partition coefficient (Wildman–Crippen LogP) is 5.66. The van der Waals surface area contributed by atoms with Crippen LogP contribution in [0.4, 0.5) is 4.79 Å². The Bertz CT molecular complexity index is 984. The lowest BCUT2D eigenvalue weighted by Crippen LogP contribution is -2.39. The summed E-state index contributed by atoms with van der Waals surface area (Å²) in [6, 6.07) is 10.7. The Morgan fingerprint density at radius 2 is 1.84 bits per heavy atom. The van der Waals surface area contributed by atoms with Crippen molar-refractivity contribution < 1.29 is 9.53 Å². The van der Waals surface area contributed by atoms with Gasteiger partial charge in [-0.1, -0.05) is 31.2 Å². The fourth-order valence-electron chi connectivity index (χ4n) is 4.50. The molecule has 3 heterocycles. The number of fused-ring (bicyclic) bond motifs is 1. The molecule has 2 aromatic rings. The first kappa shape index (κ1) is 21.8. The molecule has 0 saturated carbocycles. The first-order valence-corrected chi connectivity index (χ1v) is 11.5. The van der Waals surface area contributed by atoms with E-state index in [9.17, 15) is 4.79 Å². The molecular weight excluding hydrogens is 386 g/mol. The molecule has 1 unspecified atom stereocenters. The standard InChI is InChI=1S/C26H35N3O2/c1-18-6-11-24(29(17-18)25(30)31-26(2,3)4)21-8-7-19-9-10-22(27-23(19)16-21)20-12-14-28(5)15-13-20/h7-11,16,18,20H,6,12-15,17H2,1-5H3. The summed E-state index contributed by atoms with van der Waals surface area (Å²) in [6.45, 7) is 10.8. The molecule has 0 radical (unpaired) electrons. The number of carbonyl (C=O) groups is 1. The van der Waals surface area contributed by atoms with Crippen molar-refractivity contribution in [2.45, 2.75) is 58.5 Å². The maximum Gasteiger partial charge on any atom is 0.414 e. The predicted molar refractivity (Wildman–Crippen MR) is 126 cm³/mol. The van der Waals surface area contributed by atoms with E-state index < -0.39 is 5.60 Å². The summed E-state index contributed by atoms with van der Waals surface area (Å²) in [5, 5.41) is 1.13. The number of aromatic nitrogens is 1. The average Bonchev–Trinajstić information content (AvgIpc) is 2.72. The number of benzene rings is 1. The van der Waals surface area contributed by atoms with Gasteiger partial charge in [0, 0.05) is 29.1 Å². The Morgan fingerprint density at radius 3 is 2.55 bits per heavy atom. The topological polar surface area (TPSA) is 45.7 Å². The number of nitrogens with zero attached hydrogens (tertiary/aromatic N) is 3. The van der Waals surface area contributed by atoms with Gasteiger partial charge < -0.3 is 9.64 Å². The third-order valence-corrected chi connectivity index (χ3v) is 6.26. The number of piperidine rings is 1. The van der Waals surface area contributed by atoms with Crippen LogP contribution in [-0.4, -0.2) is 53.2 Å². The molecule has 1 amide bonds. The lowest BCUT2D eigenvalue weighted by molar-refractivity contribution is 0.0327. The molecule has 31 heavy (non-hydrogen) atoms. The molecule has 2 aliphatic heterocycles. The van der Waals surface area contributed by atoms with Gasteiger partial charge in [-0.15, -0.1) is 0 Å². The third kappa shape index (κ3) is 5.09. The van der Waals surface area contributed by atoms with Crippen molar-refractivity contribution in [2.75, 3.05) is 26.7 Å². The van der Waals surface area contributed by atoms with Gasteiger partial charge in [-0.3, -0.25) is 9.88 Å². The molecule has 1 aromatic heterocycles. The van der Waals surface area contributed by atoms with Gasteiger partial charge in [0.05, 0.1) is 11.2 Å². The van der Waals surface area contributed by atoms with E-state index in [1.165, 1.54) is 5.69 Å². The smallest absolute Gasteiger partial charge is 0.414 e. The molecule has 1 fully saturated rings. The molecular formula is C26H35N3O2. The maximum absolute atomic E-state index is 12.9. The number of hydrogen-bond donors (Lipinski definition) is 0. The van der Waals surface area contributed by atoms with E-state index in [0.717, 1.165) is 54.5 Å². The van der Waals surface area contributed by atoms with Crippen molar-refractivity contribution in [3.63, 3.8) is 0 Å². The van der Waals surface area contributed by atoms with Gasteiger partial charge in [0.25, 0.3) is 0 Å². The Balaban J connectivity index is 1.64. The van der Waals surface area contributed by atoms with Crippen LogP contribution in [0.1, 0.15) is 64.1 Å². The lowest BCUT2D eigenvalue weighted by Gasteiger charge is -2.34. The third-order valence-electron chi connectivity index (χ3n) is 6.26. The number of likely N-dealkylation sites (tertiary alicyclic amines) is 1. The van der Waals surface area contributed by atoms with Crippen LogP contribution in [0.3, 0.4) is 0 Å². The van der Waals surface area contributed by atoms with Crippen LogP contribution >= 0.6 is 0 Å². The highest BCUT2D eigenvalue weighted by molar-refractivity contribution is 5.87. The summed E-state index contributed by atoms with van der Waals surface area (Å²) in [5.74, 6) is 0.933. The number of pyridine rings is 1. The molecule has 1 saturated heterocycles. The average molecular weight is 422 g/mol. The van der Waals surface area contributed by atoms with Crippen molar-refractivity contribution >= 4 is 22.7 Å². The number of amides is 1. The van der Waals surface area contributed by atoms with Crippen LogP contribution < -0.4 is 0 Å². The van der Waals surface area contributed by atoms with Gasteiger partial charge in [-0.2, -0.15) is 0 Å². The normalized spacial score (nSPS) is 21.3. The zero-order valence-corrected chi connectivity index (χ0v) is 19.5. The molecule has 2 aliphatic rings. The van der Waals surface area contributed by atoms with Crippen LogP contribution in [0.15, 0.2) is 36.4 Å². The van der Waals surface area contributed by atoms with E-state index in [1.807, 2.05) is 20.8 Å². The van der Waals surface area contributed by atoms with Crippen LogP contribution in [0.5, 0.6) is 0 Å². The highest BCUT2D eigenvalue weighted by Gasteiger charge is 2.29. The molecule has 0 aliphatic carbocycles. The molecule has 1 aromatic carbocycles. The molecule has 0 N–H and O–H groups in total. The van der Waals surface area contributed by atoms with Crippen molar-refractivity contribution in [3.8, 4) is 0 Å². The van der Waals surface area contributed by atoms with E-state index in [-0.39, 0.29) is 6.09 Å². The number of hydrogen-bond acceptors (Lipinski definition) is 4. The summed E-state index contributed by atoms with van der Waals surface area (Å²) in [6.07, 6.45) is 5.16. The highest BCUT2D eigenvalue weighted by Crippen LogP contribution is 2.32. The summed E-state index contributed by atoms with van der Waals surface area (Å²) in [4.78, 5) is 22.2. The zero-order chi connectivity index (χ0) is 22.2. The Hall–Kier alpha value is -2.40. The maximum atomic E-state index is 12.9. The van der Waals surface area contributed by atoms with E-state index in [0.29, 0.717) is 18.4 Å². The molecule has 1 atom stereocenters. The first-order valence-electron chi connectivity index (χ1n) is 11.5. The Morgan fingerprint density at radius 1 is 1.13 bits per heavy atom. The summed E-state index contributed by atoms with van der Waals surface area (Å²) < 4.78 is 5.70. The number of rotatable bonds is 2. The van der Waals surface area contributed by atoms with Crippen molar-refractivity contribution in [2.24, 2.45) is 5.92 Å². The first-order chi connectivity index (χ1) is 14.7. The van der Waals surface area contributed by atoms with Crippen molar-refractivity contribution in [1.82, 2.24) is 14.8 Å². The van der Waals surface area contributed by atoms with Gasteiger partial charge in [0.15, 0.2) is 0 Å². The summed E-state index contributed by atoms with van der Waals surface area (Å²) >= 11 is 0. The van der Waals surface area contributed by atoms with E-state index in [4.69, 9.17) is 9.72 Å². The quantitative estimate of drug-likeness (QED) is 0.627. The van der Waals surface area contributed by atoms with Crippen LogP contribution in [0, 0.1) is 5.92 Å². The second-order valence-electron chi connectivity index (χ2n) is 10.2. The zero-order valence-electron chi connectivity index (χ0n) is 19.5. The second kappa shape index (κ2) is 8.62. The molecule has 5 heteroatoms. The monoisotopic (exact) mass is 421 g/mol. The molecule has 4 rings (SSSR count). The van der Waals surface area contributed by atoms with Crippen LogP contribution in [-0.2, 0) is 4.74 Å². The molecule has 0 bridgehead atoms. The fourth-order valence-corrected chi connectivity index (χ4v) is 4.50. The van der Waals surface area contributed by atoms with Gasteiger partial charge in [-0.25, -0.2) is 4.79 Å². The number of allylic oxidation sites excluding steroid dienone is 1. The van der Waals surface area contributed by atoms with Crippen molar-refractivity contribution in [3.05, 3.63) is 47.7 Å². The van der Waals surface area contributed by atoms with E-state index >= 15 is 0 Å². The summed E-state index contributed by atoms with van der Waals surface area (Å²) in [5.41, 5.74) is 3.63. The minimum atomic E-state index is -0.517. The molecule has 166 valence electrons. The second-order valence-corrected chi connectivity index (χ2v) is 10.2. The molecule has 5 nitrogen and oxygen atoms in total.